The van der Waals surface area contributed by atoms with E-state index >= 15 is 0 Å². The first-order valence-electron chi connectivity index (χ1n) is 11.6. The molecule has 0 aromatic rings. The Labute approximate surface area is 196 Å². The molecule has 0 amide bonds. The van der Waals surface area contributed by atoms with Gasteiger partial charge in [0.05, 0.1) is 6.61 Å². The van der Waals surface area contributed by atoms with Crippen molar-refractivity contribution in [3.05, 3.63) is 0 Å². The summed E-state index contributed by atoms with van der Waals surface area (Å²) in [7, 11) is -4.48. The molecular weight excluding hydrogens is 383 g/mol. The van der Waals surface area contributed by atoms with E-state index in [-0.39, 0.29) is 36.2 Å². The number of unbranched alkanes of at least 4 members (excludes halogenated alkanes) is 9. The Hall–Kier alpha value is 0.870. The van der Waals surface area contributed by atoms with Crippen LogP contribution in [0.5, 0.6) is 0 Å². The zero-order chi connectivity index (χ0) is 19.5. The molecule has 4 nitrogen and oxygen atoms in total. The van der Waals surface area contributed by atoms with Gasteiger partial charge in [-0.3, -0.25) is 4.18 Å². The summed E-state index contributed by atoms with van der Waals surface area (Å²) < 4.78 is 34.5. The van der Waals surface area contributed by atoms with Gasteiger partial charge in [-0.15, -0.1) is 0 Å². The maximum absolute atomic E-state index is 10.1. The van der Waals surface area contributed by atoms with E-state index in [2.05, 4.69) is 11.1 Å². The SMILES string of the molecule is C1C2CC3CC1CC(C2)C3.CCCCCCCCCCCCOS(=O)(=O)[O-].[Na+]. The van der Waals surface area contributed by atoms with Gasteiger partial charge >= 0.3 is 29.6 Å². The minimum Gasteiger partial charge on any atom is -0.726 e. The molecule has 4 saturated carbocycles. The molecule has 0 radical (unpaired) electrons. The Morgan fingerprint density at radius 2 is 1.00 bits per heavy atom. The van der Waals surface area contributed by atoms with Crippen LogP contribution >= 0.6 is 0 Å². The van der Waals surface area contributed by atoms with E-state index in [0.717, 1.165) is 12.8 Å². The first-order valence-corrected chi connectivity index (χ1v) is 12.9. The summed E-state index contributed by atoms with van der Waals surface area (Å²) in [5.41, 5.74) is 0. The van der Waals surface area contributed by atoms with E-state index in [1.54, 1.807) is 38.5 Å². The van der Waals surface area contributed by atoms with Crippen LogP contribution in [0.25, 0.3) is 0 Å². The van der Waals surface area contributed by atoms with Gasteiger partial charge in [-0.25, -0.2) is 8.42 Å². The standard InChI is InChI=1S/C12H26O4S.C10H16.Na/c1-2-3-4-5-6-7-8-9-10-11-12-16-17(13,14)15;1-7-2-9-4-8(1)5-10(3-7)6-9;/h2-12H2,1H3,(H,13,14,15);7-10H,1-6H2;/q;;+1/p-1. The average molecular weight is 425 g/mol. The molecule has 0 atom stereocenters. The molecule has 0 aromatic heterocycles. The molecule has 4 fully saturated rings. The molecule has 0 unspecified atom stereocenters. The first-order chi connectivity index (χ1) is 13.0. The molecule has 0 heterocycles. The van der Waals surface area contributed by atoms with Crippen LogP contribution < -0.4 is 29.6 Å². The fraction of sp³-hybridized carbons (Fsp3) is 1.00. The van der Waals surface area contributed by atoms with E-state index < -0.39 is 10.4 Å². The first kappa shape index (κ1) is 26.9. The van der Waals surface area contributed by atoms with Crippen molar-refractivity contribution in [1.82, 2.24) is 0 Å². The maximum Gasteiger partial charge on any atom is 1.00 e. The third-order valence-electron chi connectivity index (χ3n) is 6.73. The van der Waals surface area contributed by atoms with Crippen molar-refractivity contribution in [1.29, 1.82) is 0 Å². The van der Waals surface area contributed by atoms with Crippen molar-refractivity contribution >= 4 is 10.4 Å². The summed E-state index contributed by atoms with van der Waals surface area (Å²) in [5, 5.41) is 0. The Morgan fingerprint density at radius 3 is 1.32 bits per heavy atom. The van der Waals surface area contributed by atoms with Crippen LogP contribution in [-0.4, -0.2) is 19.6 Å². The van der Waals surface area contributed by atoms with Crippen molar-refractivity contribution in [3.8, 4) is 0 Å². The monoisotopic (exact) mass is 424 g/mol. The van der Waals surface area contributed by atoms with Crippen molar-refractivity contribution in [2.45, 2.75) is 110 Å². The van der Waals surface area contributed by atoms with E-state index in [1.807, 2.05) is 0 Å². The predicted molar refractivity (Wildman–Crippen MR) is 109 cm³/mol. The van der Waals surface area contributed by atoms with Gasteiger partial charge in [-0.2, -0.15) is 0 Å². The summed E-state index contributed by atoms with van der Waals surface area (Å²) in [4.78, 5) is 0. The molecule has 28 heavy (non-hydrogen) atoms. The average Bonchev–Trinajstić information content (AvgIpc) is 2.58. The van der Waals surface area contributed by atoms with Gasteiger partial charge in [0.2, 0.25) is 10.4 Å². The van der Waals surface area contributed by atoms with Crippen molar-refractivity contribution in [2.24, 2.45) is 23.7 Å². The van der Waals surface area contributed by atoms with Crippen LogP contribution in [0, 0.1) is 23.7 Å². The third-order valence-corrected chi connectivity index (χ3v) is 7.18. The zero-order valence-electron chi connectivity index (χ0n) is 18.4. The minimum absolute atomic E-state index is 0. The Balaban J connectivity index is 0.000000297. The summed E-state index contributed by atoms with van der Waals surface area (Å²) in [6, 6.07) is 0. The van der Waals surface area contributed by atoms with Gasteiger partial charge < -0.3 is 4.55 Å². The second kappa shape index (κ2) is 14.8. The van der Waals surface area contributed by atoms with E-state index in [4.69, 9.17) is 0 Å². The molecule has 4 aliphatic rings. The fourth-order valence-corrected chi connectivity index (χ4v) is 6.06. The molecule has 4 rings (SSSR count). The number of hydrogen-bond donors (Lipinski definition) is 0. The fourth-order valence-electron chi connectivity index (χ4n) is 5.73. The molecule has 160 valence electrons. The minimum atomic E-state index is -4.48. The van der Waals surface area contributed by atoms with Gasteiger partial charge in [0, 0.05) is 0 Å². The summed E-state index contributed by atoms with van der Waals surface area (Å²) in [6.07, 6.45) is 21.3. The molecule has 0 spiro atoms. The van der Waals surface area contributed by atoms with Gasteiger partial charge in [-0.1, -0.05) is 64.7 Å². The maximum atomic E-state index is 10.1. The molecule has 0 aromatic carbocycles. The van der Waals surface area contributed by atoms with Crippen LogP contribution in [-0.2, 0) is 14.6 Å². The van der Waals surface area contributed by atoms with E-state index in [0.29, 0.717) is 6.42 Å². The van der Waals surface area contributed by atoms with E-state index in [1.165, 1.54) is 68.6 Å². The Morgan fingerprint density at radius 1 is 0.679 bits per heavy atom. The Kier molecular flexibility index (Phi) is 14.2. The predicted octanol–water partition coefficient (Wildman–Crippen LogP) is 3.22. The van der Waals surface area contributed by atoms with Crippen LogP contribution in [0.3, 0.4) is 0 Å². The van der Waals surface area contributed by atoms with Gasteiger partial charge in [-0.05, 0) is 68.6 Å². The molecule has 0 saturated heterocycles. The van der Waals surface area contributed by atoms with Crippen LogP contribution in [0.2, 0.25) is 0 Å². The van der Waals surface area contributed by atoms with Crippen LogP contribution in [0.4, 0.5) is 0 Å². The van der Waals surface area contributed by atoms with Gasteiger partial charge in [0.15, 0.2) is 0 Å². The van der Waals surface area contributed by atoms with Gasteiger partial charge in [0.1, 0.15) is 0 Å². The number of hydrogen-bond acceptors (Lipinski definition) is 4. The Bertz CT molecular complexity index is 438. The second-order valence-corrected chi connectivity index (χ2v) is 10.3. The summed E-state index contributed by atoms with van der Waals surface area (Å²) in [5.74, 6) is 4.71. The molecular formula is C22H41NaO4S. The van der Waals surface area contributed by atoms with Crippen molar-refractivity contribution < 1.29 is 46.7 Å². The summed E-state index contributed by atoms with van der Waals surface area (Å²) in [6.45, 7) is 2.24. The van der Waals surface area contributed by atoms with Gasteiger partial charge in [0.25, 0.3) is 0 Å². The smallest absolute Gasteiger partial charge is 0.726 e. The topological polar surface area (TPSA) is 66.4 Å². The van der Waals surface area contributed by atoms with E-state index in [9.17, 15) is 13.0 Å². The van der Waals surface area contributed by atoms with Crippen molar-refractivity contribution in [3.63, 3.8) is 0 Å². The quantitative estimate of drug-likeness (QED) is 0.209. The van der Waals surface area contributed by atoms with Crippen molar-refractivity contribution in [2.75, 3.05) is 6.61 Å². The largest absolute Gasteiger partial charge is 1.00 e. The molecule has 4 bridgehead atoms. The molecule has 0 N–H and O–H groups in total. The molecule has 4 aliphatic carbocycles. The zero-order valence-corrected chi connectivity index (χ0v) is 21.2. The van der Waals surface area contributed by atoms with Crippen LogP contribution in [0.1, 0.15) is 110 Å². The molecule has 6 heteroatoms. The van der Waals surface area contributed by atoms with Crippen LogP contribution in [0.15, 0.2) is 0 Å². The third kappa shape index (κ3) is 11.9. The second-order valence-electron chi connectivity index (χ2n) is 9.29. The number of rotatable bonds is 12. The summed E-state index contributed by atoms with van der Waals surface area (Å²) >= 11 is 0. The molecule has 0 aliphatic heterocycles. The normalized spacial score (nSPS) is 27.8.